The minimum absolute atomic E-state index is 0.139. The van der Waals surface area contributed by atoms with E-state index in [1.165, 1.54) is 11.8 Å². The van der Waals surface area contributed by atoms with Gasteiger partial charge in [-0.3, -0.25) is 4.57 Å². The fourth-order valence-electron chi connectivity index (χ4n) is 2.76. The van der Waals surface area contributed by atoms with E-state index in [9.17, 15) is 5.11 Å². The molecule has 0 fully saturated rings. The van der Waals surface area contributed by atoms with E-state index in [4.69, 9.17) is 14.2 Å². The van der Waals surface area contributed by atoms with Crippen LogP contribution in [0.25, 0.3) is 11.8 Å². The zero-order chi connectivity index (χ0) is 21.3. The molecule has 3 aromatic rings. The van der Waals surface area contributed by atoms with Crippen molar-refractivity contribution in [3.63, 3.8) is 0 Å². The van der Waals surface area contributed by atoms with E-state index in [1.54, 1.807) is 20.5 Å². The van der Waals surface area contributed by atoms with Gasteiger partial charge in [0.05, 0.1) is 26.0 Å². The molecule has 0 spiro atoms. The minimum atomic E-state index is -0.689. The molecule has 8 heteroatoms. The van der Waals surface area contributed by atoms with Gasteiger partial charge in [0.1, 0.15) is 18.7 Å². The van der Waals surface area contributed by atoms with Gasteiger partial charge in [0.25, 0.3) is 0 Å². The van der Waals surface area contributed by atoms with Gasteiger partial charge >= 0.3 is 0 Å². The maximum Gasteiger partial charge on any atom is 0.195 e. The first-order chi connectivity index (χ1) is 14.6. The molecule has 0 saturated carbocycles. The smallest absolute Gasteiger partial charge is 0.195 e. The van der Waals surface area contributed by atoms with Crippen molar-refractivity contribution in [3.05, 3.63) is 60.4 Å². The van der Waals surface area contributed by atoms with Crippen molar-refractivity contribution in [2.75, 3.05) is 26.6 Å². The Bertz CT molecular complexity index is 990. The number of hydrogen-bond acceptors (Lipinski definition) is 7. The topological polar surface area (TPSA) is 78.6 Å². The third-order valence-electron chi connectivity index (χ3n) is 4.23. The van der Waals surface area contributed by atoms with Crippen molar-refractivity contribution in [1.29, 1.82) is 0 Å². The summed E-state index contributed by atoms with van der Waals surface area (Å²) in [5, 5.41) is 19.2. The molecular weight excluding hydrogens is 402 g/mol. The lowest BCUT2D eigenvalue weighted by Gasteiger charge is -2.15. The second kappa shape index (κ2) is 10.7. The summed E-state index contributed by atoms with van der Waals surface area (Å²) in [6.45, 7) is 2.10. The van der Waals surface area contributed by atoms with Gasteiger partial charge in [0, 0.05) is 11.8 Å². The largest absolute Gasteiger partial charge is 0.497 e. The first-order valence-electron chi connectivity index (χ1n) is 9.43. The monoisotopic (exact) mass is 427 g/mol. The van der Waals surface area contributed by atoms with Crippen molar-refractivity contribution in [1.82, 2.24) is 14.8 Å². The molecule has 1 N–H and O–H groups in total. The molecule has 158 valence electrons. The van der Waals surface area contributed by atoms with Crippen LogP contribution in [-0.2, 0) is 0 Å². The number of rotatable bonds is 10. The van der Waals surface area contributed by atoms with Crippen molar-refractivity contribution in [2.24, 2.45) is 0 Å². The molecule has 1 aromatic heterocycles. The lowest BCUT2D eigenvalue weighted by atomic mass is 10.2. The van der Waals surface area contributed by atoms with Crippen LogP contribution < -0.4 is 14.2 Å². The number of benzene rings is 2. The van der Waals surface area contributed by atoms with Crippen LogP contribution in [-0.4, -0.2) is 52.6 Å². The second-order valence-corrected chi connectivity index (χ2v) is 7.36. The molecule has 30 heavy (non-hydrogen) atoms. The SMILES string of the molecule is C/C=C/c1ccc(OCC(O)CSc2nncn2-c2cccc(OC)c2)c(OC)c1. The van der Waals surface area contributed by atoms with Gasteiger partial charge in [0.15, 0.2) is 16.7 Å². The summed E-state index contributed by atoms with van der Waals surface area (Å²) in [6.07, 6.45) is 4.89. The van der Waals surface area contributed by atoms with E-state index < -0.39 is 6.10 Å². The zero-order valence-corrected chi connectivity index (χ0v) is 18.0. The zero-order valence-electron chi connectivity index (χ0n) is 17.2. The predicted octanol–water partition coefficient (Wildman–Crippen LogP) is 3.85. The third-order valence-corrected chi connectivity index (χ3v) is 5.32. The number of aliphatic hydroxyl groups excluding tert-OH is 1. The highest BCUT2D eigenvalue weighted by Gasteiger charge is 2.13. The van der Waals surface area contributed by atoms with Gasteiger partial charge in [-0.2, -0.15) is 0 Å². The molecule has 1 heterocycles. The average Bonchev–Trinajstić information content (AvgIpc) is 3.25. The Hall–Kier alpha value is -2.97. The van der Waals surface area contributed by atoms with E-state index in [0.29, 0.717) is 22.4 Å². The summed E-state index contributed by atoms with van der Waals surface area (Å²) in [4.78, 5) is 0. The molecule has 0 bridgehead atoms. The fourth-order valence-corrected chi connectivity index (χ4v) is 3.60. The molecule has 0 aliphatic heterocycles. The summed E-state index contributed by atoms with van der Waals surface area (Å²) in [5.74, 6) is 2.37. The van der Waals surface area contributed by atoms with Crippen LogP contribution in [0.15, 0.2) is 60.0 Å². The Morgan fingerprint density at radius 1 is 1.13 bits per heavy atom. The fraction of sp³-hybridized carbons (Fsp3) is 0.273. The van der Waals surface area contributed by atoms with Crippen LogP contribution in [0, 0.1) is 0 Å². The van der Waals surface area contributed by atoms with Crippen LogP contribution in [0.5, 0.6) is 17.2 Å². The lowest BCUT2D eigenvalue weighted by molar-refractivity contribution is 0.124. The van der Waals surface area contributed by atoms with E-state index in [2.05, 4.69) is 10.2 Å². The normalized spacial score (nSPS) is 12.1. The highest BCUT2D eigenvalue weighted by atomic mass is 32.2. The highest BCUT2D eigenvalue weighted by molar-refractivity contribution is 7.99. The number of methoxy groups -OCH3 is 2. The number of allylic oxidation sites excluding steroid dienone is 1. The molecule has 2 aromatic carbocycles. The Morgan fingerprint density at radius 3 is 2.77 bits per heavy atom. The lowest BCUT2D eigenvalue weighted by Crippen LogP contribution is -2.20. The number of hydrogen-bond donors (Lipinski definition) is 1. The number of ether oxygens (including phenoxy) is 3. The van der Waals surface area contributed by atoms with Crippen molar-refractivity contribution >= 4 is 17.8 Å². The average molecular weight is 428 g/mol. The van der Waals surface area contributed by atoms with E-state index in [0.717, 1.165) is 17.0 Å². The quantitative estimate of drug-likeness (QED) is 0.492. The van der Waals surface area contributed by atoms with Gasteiger partial charge in [-0.15, -0.1) is 10.2 Å². The summed E-state index contributed by atoms with van der Waals surface area (Å²) in [5.41, 5.74) is 1.91. The first-order valence-corrected chi connectivity index (χ1v) is 10.4. The van der Waals surface area contributed by atoms with Crippen LogP contribution >= 0.6 is 11.8 Å². The third kappa shape index (κ3) is 5.55. The number of aliphatic hydroxyl groups is 1. The highest BCUT2D eigenvalue weighted by Crippen LogP contribution is 2.29. The number of aromatic nitrogens is 3. The van der Waals surface area contributed by atoms with Gasteiger partial charge in [0.2, 0.25) is 0 Å². The molecule has 1 atom stereocenters. The van der Waals surface area contributed by atoms with Crippen molar-refractivity contribution in [2.45, 2.75) is 18.2 Å². The Balaban J connectivity index is 1.58. The van der Waals surface area contributed by atoms with Crippen LogP contribution in [0.4, 0.5) is 0 Å². The van der Waals surface area contributed by atoms with Gasteiger partial charge in [-0.1, -0.05) is 36.0 Å². The Labute approximate surface area is 180 Å². The summed E-state index contributed by atoms with van der Waals surface area (Å²) in [6, 6.07) is 13.3. The van der Waals surface area contributed by atoms with Gasteiger partial charge in [-0.25, -0.2) is 0 Å². The standard InChI is InChI=1S/C22H25N3O4S/c1-4-6-16-9-10-20(21(11-16)28-3)29-13-18(26)14-30-22-24-23-15-25(22)17-7-5-8-19(12-17)27-2/h4-12,15,18,26H,13-14H2,1-3H3/b6-4+. The van der Waals surface area contributed by atoms with Gasteiger partial charge in [-0.05, 0) is 36.8 Å². The molecule has 0 radical (unpaired) electrons. The van der Waals surface area contributed by atoms with Crippen molar-refractivity contribution < 1.29 is 19.3 Å². The maximum absolute atomic E-state index is 10.4. The van der Waals surface area contributed by atoms with E-state index in [-0.39, 0.29) is 6.61 Å². The number of thioether (sulfide) groups is 1. The molecule has 3 rings (SSSR count). The Morgan fingerprint density at radius 2 is 2.00 bits per heavy atom. The second-order valence-electron chi connectivity index (χ2n) is 6.37. The number of nitrogens with zero attached hydrogens (tertiary/aromatic N) is 3. The van der Waals surface area contributed by atoms with Crippen LogP contribution in [0.1, 0.15) is 12.5 Å². The van der Waals surface area contributed by atoms with Crippen LogP contribution in [0.3, 0.4) is 0 Å². The van der Waals surface area contributed by atoms with E-state index >= 15 is 0 Å². The molecular formula is C22H25N3O4S. The first kappa shape index (κ1) is 21.7. The molecule has 7 nitrogen and oxygen atoms in total. The summed E-state index contributed by atoms with van der Waals surface area (Å²) < 4.78 is 18.3. The summed E-state index contributed by atoms with van der Waals surface area (Å²) >= 11 is 1.40. The van der Waals surface area contributed by atoms with E-state index in [1.807, 2.05) is 66.1 Å². The van der Waals surface area contributed by atoms with Gasteiger partial charge < -0.3 is 19.3 Å². The molecule has 0 aliphatic rings. The minimum Gasteiger partial charge on any atom is -0.497 e. The molecule has 1 unspecified atom stereocenters. The predicted molar refractivity (Wildman–Crippen MR) is 118 cm³/mol. The Kier molecular flexibility index (Phi) is 7.75. The molecule has 0 aliphatic carbocycles. The molecule has 0 amide bonds. The van der Waals surface area contributed by atoms with Crippen molar-refractivity contribution in [3.8, 4) is 22.9 Å². The van der Waals surface area contributed by atoms with Crippen LogP contribution in [0.2, 0.25) is 0 Å². The summed E-state index contributed by atoms with van der Waals surface area (Å²) in [7, 11) is 3.22. The molecule has 0 saturated heterocycles. The maximum atomic E-state index is 10.4.